The van der Waals surface area contributed by atoms with Gasteiger partial charge in [0.1, 0.15) is 11.4 Å². The number of hydrogen-bond acceptors (Lipinski definition) is 10. The molecule has 1 N–H and O–H groups in total. The predicted molar refractivity (Wildman–Crippen MR) is 114 cm³/mol. The molecule has 2 aromatic carbocycles. The van der Waals surface area contributed by atoms with Gasteiger partial charge in [-0.25, -0.2) is 0 Å². The molecule has 0 amide bonds. The van der Waals surface area contributed by atoms with Crippen LogP contribution in [0.3, 0.4) is 0 Å². The van der Waals surface area contributed by atoms with Gasteiger partial charge in [-0.05, 0) is 24.3 Å². The van der Waals surface area contributed by atoms with Crippen molar-refractivity contribution < 1.29 is 67.2 Å². The molecular weight excluding hydrogens is 464 g/mol. The van der Waals surface area contributed by atoms with Crippen LogP contribution in [0.1, 0.15) is 0 Å². The normalized spacial score (nSPS) is 12.2. The average molecular weight is 487 g/mol. The SMILES string of the molecule is COc1cc(-c2n[nH]nc2-c2cc(OC)c(OC)c(OP(C)(=O)[O-])c2)cc(OC)c1OC.[Na+]. The summed E-state index contributed by atoms with van der Waals surface area (Å²) in [6.07, 6.45) is 0. The van der Waals surface area contributed by atoms with E-state index in [0.717, 1.165) is 6.66 Å². The van der Waals surface area contributed by atoms with E-state index in [4.69, 9.17) is 28.2 Å². The largest absolute Gasteiger partial charge is 1.00 e. The summed E-state index contributed by atoms with van der Waals surface area (Å²) in [4.78, 5) is 11.8. The number of H-pyrrole nitrogens is 1. The third kappa shape index (κ3) is 5.74. The first-order valence-electron chi connectivity index (χ1n) is 9.21. The van der Waals surface area contributed by atoms with Gasteiger partial charge >= 0.3 is 29.6 Å². The van der Waals surface area contributed by atoms with Crippen molar-refractivity contribution in [2.75, 3.05) is 42.2 Å². The van der Waals surface area contributed by atoms with Crippen LogP contribution in [0.15, 0.2) is 24.3 Å². The molecule has 3 rings (SSSR count). The van der Waals surface area contributed by atoms with Gasteiger partial charge in [0.15, 0.2) is 30.6 Å². The topological polar surface area (TPSA) is 137 Å². The van der Waals surface area contributed by atoms with E-state index >= 15 is 0 Å². The van der Waals surface area contributed by atoms with E-state index < -0.39 is 7.60 Å². The van der Waals surface area contributed by atoms with E-state index in [2.05, 4.69) is 15.4 Å². The van der Waals surface area contributed by atoms with Crippen LogP contribution in [-0.2, 0) is 4.57 Å². The van der Waals surface area contributed by atoms with Crippen molar-refractivity contribution in [2.45, 2.75) is 0 Å². The quantitative estimate of drug-likeness (QED) is 0.318. The molecule has 13 heteroatoms. The van der Waals surface area contributed by atoms with Gasteiger partial charge in [0.05, 0.1) is 35.5 Å². The molecule has 0 fully saturated rings. The van der Waals surface area contributed by atoms with Gasteiger partial charge in [0, 0.05) is 17.8 Å². The van der Waals surface area contributed by atoms with E-state index in [9.17, 15) is 9.46 Å². The standard InChI is InChI=1S/C20H24N3O8P.Na/c1-26-13-7-11(8-14(27-2)19(13)29-4)17-18(22-23-21-17)12-9-15(28-3)20(30-5)16(10-12)31-32(6,24)25;/h7-10H,1-6H3,(H,24,25)(H,21,22,23);/q;+1/p-1. The Morgan fingerprint density at radius 3 is 1.42 bits per heavy atom. The molecule has 0 saturated heterocycles. The Labute approximate surface area is 213 Å². The Balaban J connectivity index is 0.00000385. The van der Waals surface area contributed by atoms with Crippen molar-refractivity contribution in [2.24, 2.45) is 0 Å². The maximum absolute atomic E-state index is 11.8. The van der Waals surface area contributed by atoms with Crippen molar-refractivity contribution in [1.82, 2.24) is 15.4 Å². The van der Waals surface area contributed by atoms with Gasteiger partial charge in [-0.1, -0.05) is 0 Å². The number of methoxy groups -OCH3 is 5. The predicted octanol–water partition coefficient (Wildman–Crippen LogP) is -0.252. The molecule has 0 aliphatic rings. The molecule has 0 bridgehead atoms. The first kappa shape index (κ1) is 26.8. The Morgan fingerprint density at radius 2 is 1.09 bits per heavy atom. The first-order chi connectivity index (χ1) is 15.3. The minimum absolute atomic E-state index is 0. The molecule has 1 aromatic heterocycles. The summed E-state index contributed by atoms with van der Waals surface area (Å²) in [6.45, 7) is 0.961. The summed E-state index contributed by atoms with van der Waals surface area (Å²) >= 11 is 0. The van der Waals surface area contributed by atoms with Crippen LogP contribution in [0.5, 0.6) is 34.5 Å². The average Bonchev–Trinajstić information content (AvgIpc) is 3.26. The molecule has 3 aromatic rings. The number of nitrogens with one attached hydrogen (secondary N) is 1. The molecule has 0 aliphatic carbocycles. The van der Waals surface area contributed by atoms with E-state index in [-0.39, 0.29) is 46.8 Å². The zero-order valence-electron chi connectivity index (χ0n) is 19.4. The van der Waals surface area contributed by atoms with E-state index in [1.807, 2.05) is 0 Å². The van der Waals surface area contributed by atoms with Crippen LogP contribution in [-0.4, -0.2) is 57.6 Å². The monoisotopic (exact) mass is 487 g/mol. The molecule has 172 valence electrons. The van der Waals surface area contributed by atoms with Gasteiger partial charge in [0.25, 0.3) is 0 Å². The zero-order valence-corrected chi connectivity index (χ0v) is 22.3. The maximum Gasteiger partial charge on any atom is 1.00 e. The minimum Gasteiger partial charge on any atom is -0.769 e. The smallest absolute Gasteiger partial charge is 0.769 e. The van der Waals surface area contributed by atoms with Gasteiger partial charge < -0.3 is 33.1 Å². The van der Waals surface area contributed by atoms with Crippen molar-refractivity contribution in [3.8, 4) is 57.0 Å². The molecule has 1 heterocycles. The molecule has 33 heavy (non-hydrogen) atoms. The Kier molecular flexibility index (Phi) is 9.04. The molecule has 0 radical (unpaired) electrons. The van der Waals surface area contributed by atoms with E-state index in [1.165, 1.54) is 41.6 Å². The van der Waals surface area contributed by atoms with Gasteiger partial charge in [-0.15, -0.1) is 0 Å². The number of rotatable bonds is 9. The summed E-state index contributed by atoms with van der Waals surface area (Å²) in [7, 11) is 3.20. The number of hydrogen-bond donors (Lipinski definition) is 1. The second kappa shape index (κ2) is 11.1. The number of nitrogens with zero attached hydrogens (tertiary/aromatic N) is 2. The summed E-state index contributed by atoms with van der Waals surface area (Å²) < 4.78 is 43.8. The third-order valence-corrected chi connectivity index (χ3v) is 5.00. The fourth-order valence-electron chi connectivity index (χ4n) is 3.16. The molecule has 0 saturated carbocycles. The number of ether oxygens (including phenoxy) is 5. The van der Waals surface area contributed by atoms with Crippen molar-refractivity contribution in [3.63, 3.8) is 0 Å². The maximum atomic E-state index is 11.8. The number of aromatic nitrogens is 3. The fraction of sp³-hybridized carbons (Fsp3) is 0.300. The molecule has 0 spiro atoms. The number of benzene rings is 2. The third-order valence-electron chi connectivity index (χ3n) is 4.47. The first-order valence-corrected chi connectivity index (χ1v) is 11.2. The molecule has 11 nitrogen and oxygen atoms in total. The summed E-state index contributed by atoms with van der Waals surface area (Å²) in [5, 5.41) is 11.1. The van der Waals surface area contributed by atoms with E-state index in [0.29, 0.717) is 39.8 Å². The second-order valence-electron chi connectivity index (χ2n) is 6.51. The molecular formula is C20H23N3NaO8P. The summed E-state index contributed by atoms with van der Waals surface area (Å²) in [6, 6.07) is 6.56. The van der Waals surface area contributed by atoms with Gasteiger partial charge in [0.2, 0.25) is 11.5 Å². The van der Waals surface area contributed by atoms with Crippen LogP contribution < -0.4 is 62.7 Å². The van der Waals surface area contributed by atoms with Crippen LogP contribution in [0.2, 0.25) is 0 Å². The van der Waals surface area contributed by atoms with E-state index in [1.54, 1.807) is 18.2 Å². The Hall–Kier alpha value is -2.43. The minimum atomic E-state index is -4.13. The van der Waals surface area contributed by atoms with Crippen molar-refractivity contribution >= 4 is 7.60 Å². The van der Waals surface area contributed by atoms with Crippen LogP contribution in [0.4, 0.5) is 0 Å². The van der Waals surface area contributed by atoms with Crippen LogP contribution in [0.25, 0.3) is 22.5 Å². The Morgan fingerprint density at radius 1 is 0.727 bits per heavy atom. The summed E-state index contributed by atoms with van der Waals surface area (Å²) in [5.74, 6) is 1.65. The van der Waals surface area contributed by atoms with Gasteiger partial charge in [-0.3, -0.25) is 4.57 Å². The Bertz CT molecular complexity index is 1140. The van der Waals surface area contributed by atoms with Crippen molar-refractivity contribution in [3.05, 3.63) is 24.3 Å². The zero-order chi connectivity index (χ0) is 23.5. The molecule has 1 unspecified atom stereocenters. The van der Waals surface area contributed by atoms with Crippen LogP contribution >= 0.6 is 7.60 Å². The number of aromatic amines is 1. The van der Waals surface area contributed by atoms with Crippen molar-refractivity contribution in [1.29, 1.82) is 0 Å². The van der Waals surface area contributed by atoms with Gasteiger partial charge in [-0.2, -0.15) is 15.4 Å². The second-order valence-corrected chi connectivity index (χ2v) is 8.23. The van der Waals surface area contributed by atoms with Crippen LogP contribution in [0, 0.1) is 0 Å². The molecule has 0 aliphatic heterocycles. The molecule has 1 atom stereocenters. The summed E-state index contributed by atoms with van der Waals surface area (Å²) in [5.41, 5.74) is 1.94. The fourth-order valence-corrected chi connectivity index (χ4v) is 3.66.